The molecule has 0 amide bonds. The second kappa shape index (κ2) is 6.77. The topological polar surface area (TPSA) is 43.8 Å². The summed E-state index contributed by atoms with van der Waals surface area (Å²) >= 11 is 5.98. The van der Waals surface area contributed by atoms with Gasteiger partial charge in [-0.1, -0.05) is 30.7 Å². The van der Waals surface area contributed by atoms with E-state index in [1.807, 2.05) is 24.3 Å². The van der Waals surface area contributed by atoms with Gasteiger partial charge in [0.1, 0.15) is 0 Å². The molecule has 1 aromatic carbocycles. The maximum Gasteiger partial charge on any atom is 0.305 e. The largest absolute Gasteiger partial charge is 0.481 e. The van der Waals surface area contributed by atoms with Crippen LogP contribution in [0.5, 0.6) is 0 Å². The summed E-state index contributed by atoms with van der Waals surface area (Å²) in [5.74, 6) is -0.759. The normalized spacial score (nSPS) is 20.1. The number of aliphatic carboxylic acids is 1. The van der Waals surface area contributed by atoms with Gasteiger partial charge in [0.05, 0.1) is 12.0 Å². The number of halogens is 1. The number of carbonyl (C=O) groups is 1. The third-order valence-electron chi connectivity index (χ3n) is 4.52. The molecule has 0 saturated carbocycles. The summed E-state index contributed by atoms with van der Waals surface area (Å²) in [5, 5.41) is 10.1. The van der Waals surface area contributed by atoms with E-state index in [0.29, 0.717) is 5.02 Å². The number of nitrogens with zero attached hydrogens (tertiary/aromatic N) is 2. The standard InChI is InChI=1S/C16H23ClN2O2/c1-3-16(12-15(20)21,13-4-6-14(17)7-5-13)19-10-8-18(2)9-11-19/h4-7H,3,8-12H2,1-2H3,(H,20,21). The fraction of sp³-hybridized carbons (Fsp3) is 0.562. The Morgan fingerprint density at radius 3 is 2.29 bits per heavy atom. The van der Waals surface area contributed by atoms with Crippen molar-refractivity contribution in [1.29, 1.82) is 0 Å². The molecule has 1 saturated heterocycles. The highest BCUT2D eigenvalue weighted by Gasteiger charge is 2.40. The van der Waals surface area contributed by atoms with Gasteiger partial charge in [-0.2, -0.15) is 0 Å². The van der Waals surface area contributed by atoms with Crippen molar-refractivity contribution >= 4 is 17.6 Å². The summed E-state index contributed by atoms with van der Waals surface area (Å²) < 4.78 is 0. The fourth-order valence-corrected chi connectivity index (χ4v) is 3.32. The molecule has 1 aliphatic heterocycles. The van der Waals surface area contributed by atoms with Crippen LogP contribution in [0.1, 0.15) is 25.3 Å². The van der Waals surface area contributed by atoms with E-state index in [-0.39, 0.29) is 6.42 Å². The lowest BCUT2D eigenvalue weighted by molar-refractivity contribution is -0.141. The maximum atomic E-state index is 11.5. The van der Waals surface area contributed by atoms with Crippen LogP contribution in [0.4, 0.5) is 0 Å². The van der Waals surface area contributed by atoms with Gasteiger partial charge >= 0.3 is 5.97 Å². The molecule has 1 atom stereocenters. The number of carboxylic acids is 1. The lowest BCUT2D eigenvalue weighted by Gasteiger charge is -2.47. The van der Waals surface area contributed by atoms with Crippen molar-refractivity contribution in [3.05, 3.63) is 34.9 Å². The van der Waals surface area contributed by atoms with Crippen molar-refractivity contribution in [3.8, 4) is 0 Å². The van der Waals surface area contributed by atoms with E-state index in [2.05, 4.69) is 23.8 Å². The smallest absolute Gasteiger partial charge is 0.305 e. The highest BCUT2D eigenvalue weighted by molar-refractivity contribution is 6.30. The molecule has 0 aliphatic carbocycles. The van der Waals surface area contributed by atoms with Crippen molar-refractivity contribution in [2.45, 2.75) is 25.3 Å². The summed E-state index contributed by atoms with van der Waals surface area (Å²) in [6.45, 7) is 5.78. The fourth-order valence-electron chi connectivity index (χ4n) is 3.19. The van der Waals surface area contributed by atoms with Gasteiger partial charge in [0.2, 0.25) is 0 Å². The van der Waals surface area contributed by atoms with Gasteiger partial charge < -0.3 is 10.0 Å². The molecule has 1 unspecified atom stereocenters. The van der Waals surface area contributed by atoms with E-state index in [9.17, 15) is 9.90 Å². The van der Waals surface area contributed by atoms with Crippen LogP contribution in [-0.2, 0) is 10.3 Å². The molecule has 4 nitrogen and oxygen atoms in total. The monoisotopic (exact) mass is 310 g/mol. The molecule has 0 aromatic heterocycles. The van der Waals surface area contributed by atoms with Crippen molar-refractivity contribution in [3.63, 3.8) is 0 Å². The molecule has 116 valence electrons. The second-order valence-electron chi connectivity index (χ2n) is 5.75. The highest BCUT2D eigenvalue weighted by Crippen LogP contribution is 2.37. The number of rotatable bonds is 5. The Morgan fingerprint density at radius 2 is 1.81 bits per heavy atom. The highest BCUT2D eigenvalue weighted by atomic mass is 35.5. The molecule has 0 bridgehead atoms. The number of hydrogen-bond acceptors (Lipinski definition) is 3. The Hall–Kier alpha value is -1.10. The molecule has 1 N–H and O–H groups in total. The van der Waals surface area contributed by atoms with Crippen molar-refractivity contribution < 1.29 is 9.90 Å². The molecule has 2 rings (SSSR count). The first-order chi connectivity index (χ1) is 9.98. The van der Waals surface area contributed by atoms with Gasteiger partial charge in [-0.15, -0.1) is 0 Å². The van der Waals surface area contributed by atoms with Gasteiger partial charge in [-0.05, 0) is 31.2 Å². The number of benzene rings is 1. The van der Waals surface area contributed by atoms with Crippen LogP contribution < -0.4 is 0 Å². The first kappa shape index (κ1) is 16.3. The summed E-state index contributed by atoms with van der Waals surface area (Å²) in [5.41, 5.74) is 0.596. The predicted molar refractivity (Wildman–Crippen MR) is 84.7 cm³/mol. The lowest BCUT2D eigenvalue weighted by Crippen LogP contribution is -2.55. The molecule has 21 heavy (non-hydrogen) atoms. The molecular weight excluding hydrogens is 288 g/mol. The van der Waals surface area contributed by atoms with Crippen LogP contribution in [0.25, 0.3) is 0 Å². The van der Waals surface area contributed by atoms with Gasteiger partial charge in [0.15, 0.2) is 0 Å². The average Bonchev–Trinajstić information content (AvgIpc) is 2.46. The molecule has 1 aliphatic rings. The van der Waals surface area contributed by atoms with E-state index in [4.69, 9.17) is 11.6 Å². The zero-order valence-electron chi connectivity index (χ0n) is 12.7. The second-order valence-corrected chi connectivity index (χ2v) is 6.19. The first-order valence-corrected chi connectivity index (χ1v) is 7.77. The first-order valence-electron chi connectivity index (χ1n) is 7.39. The number of piperazine rings is 1. The van der Waals surface area contributed by atoms with E-state index >= 15 is 0 Å². The number of carboxylic acid groups (broad SMARTS) is 1. The Labute approximate surface area is 131 Å². The SMILES string of the molecule is CCC(CC(=O)O)(c1ccc(Cl)cc1)N1CCN(C)CC1. The summed E-state index contributed by atoms with van der Waals surface area (Å²) in [6, 6.07) is 7.62. The summed E-state index contributed by atoms with van der Waals surface area (Å²) in [7, 11) is 2.10. The van der Waals surface area contributed by atoms with Crippen LogP contribution in [0.3, 0.4) is 0 Å². The molecule has 1 fully saturated rings. The van der Waals surface area contributed by atoms with Crippen LogP contribution >= 0.6 is 11.6 Å². The minimum absolute atomic E-state index is 0.120. The van der Waals surface area contributed by atoms with E-state index < -0.39 is 11.5 Å². The molecule has 0 radical (unpaired) electrons. The minimum atomic E-state index is -0.759. The van der Waals surface area contributed by atoms with E-state index in [1.165, 1.54) is 0 Å². The zero-order valence-corrected chi connectivity index (χ0v) is 13.4. The van der Waals surface area contributed by atoms with Crippen LogP contribution in [-0.4, -0.2) is 54.1 Å². The molecule has 1 heterocycles. The van der Waals surface area contributed by atoms with Crippen molar-refractivity contribution in [2.24, 2.45) is 0 Å². The third-order valence-corrected chi connectivity index (χ3v) is 4.77. The third kappa shape index (κ3) is 3.57. The van der Waals surface area contributed by atoms with Gasteiger partial charge in [0.25, 0.3) is 0 Å². The molecule has 1 aromatic rings. The predicted octanol–water partition coefficient (Wildman–Crippen LogP) is 2.67. The number of hydrogen-bond donors (Lipinski definition) is 1. The van der Waals surface area contributed by atoms with Crippen LogP contribution in [0, 0.1) is 0 Å². The minimum Gasteiger partial charge on any atom is -0.481 e. The Kier molecular flexibility index (Phi) is 5.25. The summed E-state index contributed by atoms with van der Waals surface area (Å²) in [4.78, 5) is 16.1. The van der Waals surface area contributed by atoms with E-state index in [1.54, 1.807) is 0 Å². The van der Waals surface area contributed by atoms with Crippen LogP contribution in [0.2, 0.25) is 5.02 Å². The van der Waals surface area contributed by atoms with Gasteiger partial charge in [-0.3, -0.25) is 9.69 Å². The average molecular weight is 311 g/mol. The summed E-state index contributed by atoms with van der Waals surface area (Å²) in [6.07, 6.45) is 0.888. The molecule has 5 heteroatoms. The lowest BCUT2D eigenvalue weighted by atomic mass is 9.81. The Bertz CT molecular complexity index is 484. The number of likely N-dealkylation sites (N-methyl/N-ethyl adjacent to an activating group) is 1. The van der Waals surface area contributed by atoms with Crippen LogP contribution in [0.15, 0.2) is 24.3 Å². The van der Waals surface area contributed by atoms with Gasteiger partial charge in [0, 0.05) is 31.2 Å². The quantitative estimate of drug-likeness (QED) is 0.908. The maximum absolute atomic E-state index is 11.5. The Morgan fingerprint density at radius 1 is 1.24 bits per heavy atom. The van der Waals surface area contributed by atoms with Gasteiger partial charge in [-0.25, -0.2) is 0 Å². The van der Waals surface area contributed by atoms with E-state index in [0.717, 1.165) is 38.2 Å². The van der Waals surface area contributed by atoms with Crippen molar-refractivity contribution in [1.82, 2.24) is 9.80 Å². The molecule has 0 spiro atoms. The zero-order chi connectivity index (χ0) is 15.5. The Balaban J connectivity index is 2.37. The molecular formula is C16H23ClN2O2. The van der Waals surface area contributed by atoms with Crippen molar-refractivity contribution in [2.75, 3.05) is 33.2 Å².